The van der Waals surface area contributed by atoms with Crippen molar-refractivity contribution >= 4 is 47.2 Å². The number of halogens is 3. The average Bonchev–Trinajstić information content (AvgIpc) is 3.55. The van der Waals surface area contributed by atoms with Crippen LogP contribution in [0.1, 0.15) is 31.2 Å². The van der Waals surface area contributed by atoms with Gasteiger partial charge in [0.05, 0.1) is 0 Å². The van der Waals surface area contributed by atoms with Gasteiger partial charge in [0.25, 0.3) is 0 Å². The summed E-state index contributed by atoms with van der Waals surface area (Å²) >= 11 is 0. The third kappa shape index (κ3) is 14.0. The summed E-state index contributed by atoms with van der Waals surface area (Å²) in [5, 5.41) is 5.95. The van der Waals surface area contributed by atoms with Crippen molar-refractivity contribution in [3.05, 3.63) is 183 Å². The van der Waals surface area contributed by atoms with Crippen LogP contribution < -0.4 is 21.2 Å². The van der Waals surface area contributed by atoms with Gasteiger partial charge in [0.15, 0.2) is 10.1 Å². The maximum Gasteiger partial charge on any atom is 0.485 e. The molecule has 4 nitrogen and oxygen atoms in total. The van der Waals surface area contributed by atoms with Gasteiger partial charge in [-0.2, -0.15) is 13.2 Å². The van der Waals surface area contributed by atoms with E-state index in [0.29, 0.717) is 11.3 Å². The molecule has 1 aliphatic heterocycles. The van der Waals surface area contributed by atoms with Crippen LogP contribution in [0.5, 0.6) is 0 Å². The Morgan fingerprint density at radius 2 is 0.782 bits per heavy atom. The molecule has 0 spiro atoms. The Kier molecular flexibility index (Phi) is 18.7. The van der Waals surface area contributed by atoms with Gasteiger partial charge in [-0.25, -0.2) is 8.42 Å². The Morgan fingerprint density at radius 3 is 1.04 bits per heavy atom. The molecule has 0 amide bonds. The largest absolute Gasteiger partial charge is 0.741 e. The normalized spacial score (nSPS) is 17.8. The Labute approximate surface area is 341 Å². The Morgan fingerprint density at radius 1 is 0.527 bits per heavy atom. The molecule has 55 heavy (non-hydrogen) atoms. The minimum absolute atomic E-state index is 0. The van der Waals surface area contributed by atoms with Crippen molar-refractivity contribution in [3.8, 4) is 0 Å². The monoisotopic (exact) mass is 889 g/mol. The van der Waals surface area contributed by atoms with Crippen LogP contribution in [0.2, 0.25) is 0 Å². The number of alkyl halides is 3. The molecule has 2 aliphatic rings. The van der Waals surface area contributed by atoms with Crippen molar-refractivity contribution < 1.29 is 45.6 Å². The number of benzene rings is 5. The molecule has 1 heterocycles. The van der Waals surface area contributed by atoms with E-state index in [4.69, 9.17) is 13.0 Å². The molecule has 0 unspecified atom stereocenters. The maximum absolute atomic E-state index is 10.7. The minimum atomic E-state index is -6.09. The average molecular weight is 890 g/mol. The number of hydrogen-bond acceptors (Lipinski definition) is 4. The molecule has 7 rings (SSSR count). The summed E-state index contributed by atoms with van der Waals surface area (Å²) in [6.45, 7) is 3.24. The van der Waals surface area contributed by atoms with E-state index < -0.39 is 31.5 Å². The second-order valence-electron chi connectivity index (χ2n) is 12.9. The van der Waals surface area contributed by atoms with Crippen molar-refractivity contribution in [1.82, 2.24) is 4.90 Å². The molecule has 5 aromatic carbocycles. The van der Waals surface area contributed by atoms with Gasteiger partial charge in [-0.1, -0.05) is 152 Å². The standard InChI is InChI=1S/C35H33NP2.C8H12.CHF3O3S.Rh/c1-6-16-29(17-7-1)26-36-27-34(37(30-18-8-2-9-19-30)31-20-10-3-11-21-31)35(28-36)38(32-22-12-4-13-23-32)33-24-14-5-15-25-33;1-2-4-6-8-7-5-3-1;2-1(3,4)8(5,6)7;/h1-25,34-35H,26-28H2;1-2,7-8H,3-6H2;(H,5,6,7);/p-1/t34-,35-;;;/m1.../s1. The van der Waals surface area contributed by atoms with Crippen LogP contribution in [-0.2, 0) is 36.1 Å². The SMILES string of the molecule is O=S(=O)([O-])C(F)(F)F.[CH]1[CH]CC[CH][CH]CC1.[Rh].c1ccc(CN2C[C@@H](P(c3ccccc3)c3ccccc3)[C@H](P(c3ccccc3)c3ccccc3)C2)cc1. The molecular formula is C44H45F3NO3P2RhS-. The van der Waals surface area contributed by atoms with Crippen molar-refractivity contribution in [1.29, 1.82) is 0 Å². The van der Waals surface area contributed by atoms with E-state index in [1.807, 2.05) is 0 Å². The van der Waals surface area contributed by atoms with Gasteiger partial charge >= 0.3 is 5.51 Å². The Hall–Kier alpha value is -2.76. The molecule has 5 aromatic rings. The molecule has 0 aromatic heterocycles. The molecule has 1 aliphatic carbocycles. The van der Waals surface area contributed by atoms with Gasteiger partial charge in [0.1, 0.15) is 0 Å². The van der Waals surface area contributed by atoms with Gasteiger partial charge in [0.2, 0.25) is 0 Å². The quantitative estimate of drug-likeness (QED) is 0.0677. The number of rotatable bonds is 8. The predicted octanol–water partition coefficient (Wildman–Crippen LogP) is 8.93. The number of nitrogens with zero attached hydrogens (tertiary/aromatic N) is 1. The fourth-order valence-corrected chi connectivity index (χ4v) is 13.2. The minimum Gasteiger partial charge on any atom is -0.741 e. The molecule has 0 N–H and O–H groups in total. The zero-order valence-electron chi connectivity index (χ0n) is 30.3. The molecule has 2 atom stereocenters. The van der Waals surface area contributed by atoms with Crippen LogP contribution in [0.25, 0.3) is 0 Å². The topological polar surface area (TPSA) is 60.4 Å². The molecule has 0 bridgehead atoms. The summed E-state index contributed by atoms with van der Waals surface area (Å²) in [5.74, 6) is 0. The van der Waals surface area contributed by atoms with Crippen LogP contribution in [0.15, 0.2) is 152 Å². The maximum atomic E-state index is 10.7. The summed E-state index contributed by atoms with van der Waals surface area (Å²) in [7, 11) is -7.15. The van der Waals surface area contributed by atoms with E-state index >= 15 is 0 Å². The second kappa shape index (κ2) is 22.8. The van der Waals surface area contributed by atoms with E-state index in [1.165, 1.54) is 52.5 Å². The summed E-state index contributed by atoms with van der Waals surface area (Å²) in [4.78, 5) is 2.73. The van der Waals surface area contributed by atoms with Gasteiger partial charge in [0, 0.05) is 50.4 Å². The third-order valence-electron chi connectivity index (χ3n) is 9.00. The summed E-state index contributed by atoms with van der Waals surface area (Å²) in [6.07, 6.45) is 14.0. The third-order valence-corrected chi connectivity index (χ3v) is 15.6. The van der Waals surface area contributed by atoms with Crippen molar-refractivity contribution in [3.63, 3.8) is 0 Å². The molecule has 1 saturated heterocycles. The first-order valence-electron chi connectivity index (χ1n) is 18.0. The molecule has 1 saturated carbocycles. The Balaban J connectivity index is 0.000000330. The van der Waals surface area contributed by atoms with Gasteiger partial charge in [-0.3, -0.25) is 4.90 Å². The van der Waals surface area contributed by atoms with Crippen molar-refractivity contribution in [2.24, 2.45) is 0 Å². The van der Waals surface area contributed by atoms with Crippen molar-refractivity contribution in [2.45, 2.75) is 49.1 Å². The van der Waals surface area contributed by atoms with Gasteiger partial charge < -0.3 is 4.55 Å². The van der Waals surface area contributed by atoms with E-state index in [0.717, 1.165) is 19.6 Å². The molecule has 291 valence electrons. The van der Waals surface area contributed by atoms with Crippen LogP contribution in [-0.4, -0.2) is 47.8 Å². The van der Waals surface area contributed by atoms with E-state index in [2.05, 4.69) is 182 Å². The van der Waals surface area contributed by atoms with Crippen molar-refractivity contribution in [2.75, 3.05) is 13.1 Å². The molecule has 11 heteroatoms. The van der Waals surface area contributed by atoms with E-state index in [-0.39, 0.29) is 19.5 Å². The van der Waals surface area contributed by atoms with E-state index in [1.54, 1.807) is 0 Å². The molecule has 2 fully saturated rings. The van der Waals surface area contributed by atoms with Gasteiger partial charge in [-0.15, -0.1) is 0 Å². The van der Waals surface area contributed by atoms with Crippen LogP contribution in [0.3, 0.4) is 0 Å². The summed E-state index contributed by atoms with van der Waals surface area (Å²) in [6, 6.07) is 56.3. The first-order chi connectivity index (χ1) is 26.1. The molecular weight excluding hydrogens is 844 g/mol. The Bertz CT molecular complexity index is 1700. The first-order valence-corrected chi connectivity index (χ1v) is 22.2. The van der Waals surface area contributed by atoms with E-state index in [9.17, 15) is 13.2 Å². The fourth-order valence-electron chi connectivity index (χ4n) is 6.60. The van der Waals surface area contributed by atoms with Crippen LogP contribution in [0, 0.1) is 25.7 Å². The summed E-state index contributed by atoms with van der Waals surface area (Å²) < 4.78 is 58.9. The number of hydrogen-bond donors (Lipinski definition) is 0. The predicted molar refractivity (Wildman–Crippen MR) is 219 cm³/mol. The zero-order valence-corrected chi connectivity index (χ0v) is 34.5. The molecule has 5 radical (unpaired) electrons. The first kappa shape index (κ1) is 45.0. The summed E-state index contributed by atoms with van der Waals surface area (Å²) in [5.41, 5.74) is -3.12. The van der Waals surface area contributed by atoms with Crippen LogP contribution in [0.4, 0.5) is 13.2 Å². The van der Waals surface area contributed by atoms with Crippen LogP contribution >= 0.6 is 15.8 Å². The zero-order chi connectivity index (χ0) is 38.2. The second-order valence-corrected chi connectivity index (χ2v) is 19.1. The number of likely N-dealkylation sites (tertiary alicyclic amines) is 1. The smallest absolute Gasteiger partial charge is 0.485 e. The fraction of sp³-hybridized carbons (Fsp3) is 0.227. The van der Waals surface area contributed by atoms with Gasteiger partial charge in [-0.05, 0) is 94.0 Å².